The third kappa shape index (κ3) is 1.62. The lowest BCUT2D eigenvalue weighted by molar-refractivity contribution is 0.384. The zero-order valence-corrected chi connectivity index (χ0v) is 9.94. The molecule has 0 fully saturated rings. The van der Waals surface area contributed by atoms with E-state index >= 15 is 0 Å². The first-order valence-electron chi connectivity index (χ1n) is 5.97. The lowest BCUT2D eigenvalue weighted by Gasteiger charge is -2.33. The highest BCUT2D eigenvalue weighted by Crippen LogP contribution is 2.39. The second-order valence-electron chi connectivity index (χ2n) is 5.08. The smallest absolute Gasteiger partial charge is 0.225 e. The van der Waals surface area contributed by atoms with Gasteiger partial charge in [0.2, 0.25) is 5.88 Å². The minimum absolute atomic E-state index is 0.150. The van der Waals surface area contributed by atoms with Gasteiger partial charge in [0.05, 0.1) is 5.69 Å². The maximum absolute atomic E-state index is 5.76. The highest BCUT2D eigenvalue weighted by Gasteiger charge is 2.34. The number of anilines is 1. The number of hydrogen-bond acceptors (Lipinski definition) is 3. The van der Waals surface area contributed by atoms with E-state index in [0.717, 1.165) is 30.5 Å². The molecule has 1 aromatic carbocycles. The molecular formula is C14H16N2O. The molecule has 0 radical (unpaired) electrons. The van der Waals surface area contributed by atoms with Crippen LogP contribution in [-0.4, -0.2) is 5.16 Å². The molecule has 1 heterocycles. The Balaban J connectivity index is 1.98. The second kappa shape index (κ2) is 3.62. The van der Waals surface area contributed by atoms with Crippen LogP contribution in [0.25, 0.3) is 0 Å². The van der Waals surface area contributed by atoms with Gasteiger partial charge in [0, 0.05) is 12.0 Å². The van der Waals surface area contributed by atoms with Gasteiger partial charge in [-0.3, -0.25) is 0 Å². The Hall–Kier alpha value is -1.77. The molecule has 1 aromatic heterocycles. The van der Waals surface area contributed by atoms with Gasteiger partial charge in [-0.2, -0.15) is 0 Å². The minimum Gasteiger partial charge on any atom is -0.367 e. The molecule has 88 valence electrons. The first-order valence-corrected chi connectivity index (χ1v) is 5.97. The van der Waals surface area contributed by atoms with Crippen molar-refractivity contribution in [3.05, 3.63) is 47.2 Å². The molecule has 0 amide bonds. The zero-order valence-electron chi connectivity index (χ0n) is 9.94. The Morgan fingerprint density at radius 1 is 1.29 bits per heavy atom. The number of hydrogen-bond donors (Lipinski definition) is 1. The predicted octanol–water partition coefficient (Wildman–Crippen LogP) is 2.70. The van der Waals surface area contributed by atoms with Crippen molar-refractivity contribution in [1.29, 1.82) is 0 Å². The summed E-state index contributed by atoms with van der Waals surface area (Å²) in [6.07, 6.45) is 2.96. The Morgan fingerprint density at radius 3 is 2.82 bits per heavy atom. The number of nitrogens with zero attached hydrogens (tertiary/aromatic N) is 1. The van der Waals surface area contributed by atoms with Crippen molar-refractivity contribution in [1.82, 2.24) is 5.16 Å². The topological polar surface area (TPSA) is 52.0 Å². The van der Waals surface area contributed by atoms with Gasteiger partial charge in [0.15, 0.2) is 0 Å². The van der Waals surface area contributed by atoms with Crippen molar-refractivity contribution in [2.75, 3.05) is 5.73 Å². The molecule has 0 spiro atoms. The van der Waals surface area contributed by atoms with E-state index in [1.807, 2.05) is 0 Å². The number of benzene rings is 1. The molecule has 0 saturated heterocycles. The molecule has 0 saturated carbocycles. The molecular weight excluding hydrogens is 212 g/mol. The lowest BCUT2D eigenvalue weighted by Crippen LogP contribution is -2.30. The summed E-state index contributed by atoms with van der Waals surface area (Å²) in [5, 5.41) is 4.08. The van der Waals surface area contributed by atoms with Crippen LogP contribution in [0, 0.1) is 0 Å². The Bertz CT molecular complexity index is 532. The van der Waals surface area contributed by atoms with E-state index in [-0.39, 0.29) is 5.41 Å². The number of nitrogen functional groups attached to an aromatic ring is 1. The van der Waals surface area contributed by atoms with Crippen LogP contribution >= 0.6 is 0 Å². The van der Waals surface area contributed by atoms with E-state index in [1.54, 1.807) is 0 Å². The summed E-state index contributed by atoms with van der Waals surface area (Å²) in [6.45, 7) is 2.29. The summed E-state index contributed by atoms with van der Waals surface area (Å²) in [7, 11) is 0. The van der Waals surface area contributed by atoms with E-state index in [1.165, 1.54) is 5.56 Å². The quantitative estimate of drug-likeness (QED) is 0.816. The normalized spacial score (nSPS) is 23.4. The van der Waals surface area contributed by atoms with Gasteiger partial charge in [0.25, 0.3) is 0 Å². The van der Waals surface area contributed by atoms with Gasteiger partial charge in [-0.15, -0.1) is 0 Å². The Kier molecular flexibility index (Phi) is 2.21. The third-order valence-electron chi connectivity index (χ3n) is 3.86. The van der Waals surface area contributed by atoms with Gasteiger partial charge in [-0.1, -0.05) is 42.4 Å². The fraction of sp³-hybridized carbons (Fsp3) is 0.357. The van der Waals surface area contributed by atoms with Gasteiger partial charge in [-0.25, -0.2) is 0 Å². The largest absolute Gasteiger partial charge is 0.367 e. The van der Waals surface area contributed by atoms with Crippen LogP contribution in [0.15, 0.2) is 34.9 Å². The van der Waals surface area contributed by atoms with Gasteiger partial charge >= 0.3 is 0 Å². The van der Waals surface area contributed by atoms with Crippen LogP contribution in [0.5, 0.6) is 0 Å². The van der Waals surface area contributed by atoms with Crippen LogP contribution in [0.3, 0.4) is 0 Å². The molecule has 3 nitrogen and oxygen atoms in total. The molecule has 2 aromatic rings. The second-order valence-corrected chi connectivity index (χ2v) is 5.08. The van der Waals surface area contributed by atoms with E-state index in [9.17, 15) is 0 Å². The predicted molar refractivity (Wildman–Crippen MR) is 66.7 cm³/mol. The summed E-state index contributed by atoms with van der Waals surface area (Å²) in [6, 6.07) is 10.6. The highest BCUT2D eigenvalue weighted by atomic mass is 16.5. The molecule has 1 unspecified atom stereocenters. The van der Waals surface area contributed by atoms with Gasteiger partial charge in [0.1, 0.15) is 0 Å². The Labute approximate surface area is 101 Å². The van der Waals surface area contributed by atoms with Crippen molar-refractivity contribution < 1.29 is 4.52 Å². The summed E-state index contributed by atoms with van der Waals surface area (Å²) in [5.41, 5.74) is 9.42. The first kappa shape index (κ1) is 10.4. The van der Waals surface area contributed by atoms with Crippen molar-refractivity contribution in [3.8, 4) is 0 Å². The maximum Gasteiger partial charge on any atom is 0.225 e. The molecule has 3 rings (SSSR count). The molecule has 1 atom stereocenters. The summed E-state index contributed by atoms with van der Waals surface area (Å²) in [5.74, 6) is 0.495. The number of aromatic nitrogens is 1. The summed E-state index contributed by atoms with van der Waals surface area (Å²) >= 11 is 0. The highest BCUT2D eigenvalue weighted by molar-refractivity contribution is 5.43. The molecule has 0 bridgehead atoms. The zero-order chi connectivity index (χ0) is 11.9. The Morgan fingerprint density at radius 2 is 2.06 bits per heavy atom. The van der Waals surface area contributed by atoms with E-state index in [4.69, 9.17) is 10.3 Å². The average Bonchev–Trinajstić information content (AvgIpc) is 2.71. The number of nitrogens with two attached hydrogens (primary N) is 1. The average molecular weight is 228 g/mol. The van der Waals surface area contributed by atoms with E-state index < -0.39 is 0 Å². The van der Waals surface area contributed by atoms with Crippen molar-refractivity contribution in [2.24, 2.45) is 0 Å². The van der Waals surface area contributed by atoms with Crippen molar-refractivity contribution in [3.63, 3.8) is 0 Å². The fourth-order valence-corrected chi connectivity index (χ4v) is 2.71. The minimum atomic E-state index is 0.150. The lowest BCUT2D eigenvalue weighted by atomic mass is 9.70. The summed E-state index contributed by atoms with van der Waals surface area (Å²) in [4.78, 5) is 0. The third-order valence-corrected chi connectivity index (χ3v) is 3.86. The van der Waals surface area contributed by atoms with Gasteiger partial charge < -0.3 is 10.3 Å². The maximum atomic E-state index is 5.76. The monoisotopic (exact) mass is 228 g/mol. The first-order chi connectivity index (χ1) is 8.19. The molecule has 1 aliphatic rings. The molecule has 17 heavy (non-hydrogen) atoms. The SMILES string of the molecule is CC1(c2ccccc2)CCc2c(noc2N)C1. The standard InChI is InChI=1S/C14H16N2O/c1-14(10-5-3-2-4-6-10)8-7-11-12(9-14)16-17-13(11)15/h2-6H,7-9,15H2,1H3. The number of fused-ring (bicyclic) bond motifs is 1. The van der Waals surface area contributed by atoms with Crippen LogP contribution in [0.4, 0.5) is 5.88 Å². The van der Waals surface area contributed by atoms with Crippen molar-refractivity contribution in [2.45, 2.75) is 31.6 Å². The van der Waals surface area contributed by atoms with E-state index in [2.05, 4.69) is 42.4 Å². The van der Waals surface area contributed by atoms with Crippen LogP contribution in [-0.2, 0) is 18.3 Å². The fourth-order valence-electron chi connectivity index (χ4n) is 2.71. The van der Waals surface area contributed by atoms with Crippen molar-refractivity contribution >= 4 is 5.88 Å². The molecule has 3 heteroatoms. The van der Waals surface area contributed by atoms with Crippen LogP contribution in [0.2, 0.25) is 0 Å². The van der Waals surface area contributed by atoms with Crippen LogP contribution < -0.4 is 5.73 Å². The molecule has 2 N–H and O–H groups in total. The van der Waals surface area contributed by atoms with Gasteiger partial charge in [-0.05, 0) is 23.8 Å². The summed E-state index contributed by atoms with van der Waals surface area (Å²) < 4.78 is 5.07. The number of rotatable bonds is 1. The van der Waals surface area contributed by atoms with E-state index in [0.29, 0.717) is 5.88 Å². The van der Waals surface area contributed by atoms with Crippen LogP contribution in [0.1, 0.15) is 30.2 Å². The molecule has 0 aliphatic heterocycles. The molecule has 1 aliphatic carbocycles.